The third-order valence-electron chi connectivity index (χ3n) is 2.16. The molecule has 0 fully saturated rings. The number of hydrogen-bond acceptors (Lipinski definition) is 2. The first-order valence-electron chi connectivity index (χ1n) is 4.12. The molecule has 0 unspecified atom stereocenters. The summed E-state index contributed by atoms with van der Waals surface area (Å²) in [6.07, 6.45) is 2.18. The van der Waals surface area contributed by atoms with Gasteiger partial charge in [-0.15, -0.1) is 0 Å². The van der Waals surface area contributed by atoms with Gasteiger partial charge in [0.1, 0.15) is 0 Å². The number of rotatable bonds is 2. The summed E-state index contributed by atoms with van der Waals surface area (Å²) in [6.45, 7) is 0. The van der Waals surface area contributed by atoms with Crippen molar-refractivity contribution in [2.45, 2.75) is 0 Å². The number of carbonyl (C=O) groups excluding carboxylic acids is 1. The summed E-state index contributed by atoms with van der Waals surface area (Å²) in [6, 6.07) is 2.88. The lowest BCUT2D eigenvalue weighted by molar-refractivity contribution is 0.0697. The molecule has 2 N–H and O–H groups in total. The topological polar surface area (TPSA) is 70.2 Å². The minimum Gasteiger partial charge on any atom is -0.478 e. The number of carboxylic acid groups (broad SMARTS) is 1. The van der Waals surface area contributed by atoms with Gasteiger partial charge in [0.25, 0.3) is 0 Å². The quantitative estimate of drug-likeness (QED) is 0.768. The molecule has 2 aromatic rings. The van der Waals surface area contributed by atoms with E-state index in [0.29, 0.717) is 22.8 Å². The number of aldehydes is 1. The van der Waals surface area contributed by atoms with E-state index in [-0.39, 0.29) is 10.6 Å². The van der Waals surface area contributed by atoms with E-state index < -0.39 is 5.97 Å². The van der Waals surface area contributed by atoms with Crippen molar-refractivity contribution in [3.63, 3.8) is 0 Å². The summed E-state index contributed by atoms with van der Waals surface area (Å²) in [7, 11) is 0. The Morgan fingerprint density at radius 3 is 2.80 bits per heavy atom. The van der Waals surface area contributed by atoms with Crippen LogP contribution in [-0.4, -0.2) is 22.3 Å². The maximum absolute atomic E-state index is 10.8. The van der Waals surface area contributed by atoms with E-state index in [1.54, 1.807) is 0 Å². The van der Waals surface area contributed by atoms with Gasteiger partial charge in [0.05, 0.1) is 10.6 Å². The van der Waals surface area contributed by atoms with Gasteiger partial charge in [-0.3, -0.25) is 4.79 Å². The maximum atomic E-state index is 10.8. The van der Waals surface area contributed by atoms with Gasteiger partial charge in [-0.2, -0.15) is 0 Å². The molecule has 0 atom stereocenters. The highest BCUT2D eigenvalue weighted by atomic mass is 35.5. The average molecular weight is 224 g/mol. The second kappa shape index (κ2) is 3.40. The Morgan fingerprint density at radius 1 is 1.47 bits per heavy atom. The van der Waals surface area contributed by atoms with Gasteiger partial charge in [-0.1, -0.05) is 11.6 Å². The van der Waals surface area contributed by atoms with Crippen molar-refractivity contribution in [3.8, 4) is 0 Å². The molecule has 0 spiro atoms. The molecule has 0 saturated carbocycles. The molecule has 1 aromatic heterocycles. The molecule has 4 nitrogen and oxygen atoms in total. The van der Waals surface area contributed by atoms with Gasteiger partial charge in [-0.25, -0.2) is 4.79 Å². The van der Waals surface area contributed by atoms with Crippen molar-refractivity contribution in [3.05, 3.63) is 34.5 Å². The Hall–Kier alpha value is -1.81. The van der Waals surface area contributed by atoms with Gasteiger partial charge < -0.3 is 10.1 Å². The number of halogens is 1. The van der Waals surface area contributed by atoms with Crippen LogP contribution in [0.5, 0.6) is 0 Å². The van der Waals surface area contributed by atoms with Crippen molar-refractivity contribution < 1.29 is 14.7 Å². The van der Waals surface area contributed by atoms with Crippen LogP contribution in [0.2, 0.25) is 5.02 Å². The summed E-state index contributed by atoms with van der Waals surface area (Å²) in [5.74, 6) is -1.11. The third-order valence-corrected chi connectivity index (χ3v) is 2.47. The monoisotopic (exact) mass is 223 g/mol. The SMILES string of the molecule is O=Cc1c[nH]c2cc(Cl)c(C(=O)O)cc12. The Labute approximate surface area is 89.5 Å². The minimum atomic E-state index is -1.11. The maximum Gasteiger partial charge on any atom is 0.337 e. The Bertz CT molecular complexity index is 559. The van der Waals surface area contributed by atoms with E-state index in [0.717, 1.165) is 0 Å². The number of carboxylic acids is 1. The first kappa shape index (κ1) is 9.73. The normalized spacial score (nSPS) is 10.5. The minimum absolute atomic E-state index is 0.00753. The van der Waals surface area contributed by atoms with E-state index in [4.69, 9.17) is 16.7 Å². The lowest BCUT2D eigenvalue weighted by atomic mass is 10.1. The van der Waals surface area contributed by atoms with E-state index in [2.05, 4.69) is 4.98 Å². The Morgan fingerprint density at radius 2 is 2.20 bits per heavy atom. The van der Waals surface area contributed by atoms with Gasteiger partial charge in [-0.05, 0) is 12.1 Å². The molecule has 15 heavy (non-hydrogen) atoms. The number of nitrogens with one attached hydrogen (secondary N) is 1. The van der Waals surface area contributed by atoms with Crippen LogP contribution in [0, 0.1) is 0 Å². The zero-order valence-corrected chi connectivity index (χ0v) is 8.21. The summed E-state index contributed by atoms with van der Waals surface area (Å²) in [5.41, 5.74) is 1.06. The summed E-state index contributed by atoms with van der Waals surface area (Å²) in [4.78, 5) is 24.3. The van der Waals surface area contributed by atoms with E-state index >= 15 is 0 Å². The summed E-state index contributed by atoms with van der Waals surface area (Å²) < 4.78 is 0. The number of carbonyl (C=O) groups is 2. The Balaban J connectivity index is 2.80. The van der Waals surface area contributed by atoms with Crippen molar-refractivity contribution in [2.75, 3.05) is 0 Å². The highest BCUT2D eigenvalue weighted by molar-refractivity contribution is 6.34. The van der Waals surface area contributed by atoms with Crippen LogP contribution < -0.4 is 0 Å². The fraction of sp³-hybridized carbons (Fsp3) is 0. The van der Waals surface area contributed by atoms with Gasteiger partial charge >= 0.3 is 5.97 Å². The van der Waals surface area contributed by atoms with E-state index in [1.165, 1.54) is 18.3 Å². The van der Waals surface area contributed by atoms with Crippen molar-refractivity contribution in [1.29, 1.82) is 0 Å². The number of fused-ring (bicyclic) bond motifs is 1. The van der Waals surface area contributed by atoms with Crippen LogP contribution in [0.3, 0.4) is 0 Å². The first-order chi connectivity index (χ1) is 7.13. The first-order valence-corrected chi connectivity index (χ1v) is 4.50. The predicted molar refractivity (Wildman–Crippen MR) is 55.7 cm³/mol. The van der Waals surface area contributed by atoms with Crippen molar-refractivity contribution in [2.24, 2.45) is 0 Å². The molecule has 0 aliphatic heterocycles. The van der Waals surface area contributed by atoms with Crippen LogP contribution in [0.4, 0.5) is 0 Å². The molecule has 0 aliphatic carbocycles. The van der Waals surface area contributed by atoms with E-state index in [1.807, 2.05) is 0 Å². The highest BCUT2D eigenvalue weighted by Gasteiger charge is 2.12. The second-order valence-electron chi connectivity index (χ2n) is 3.04. The molecule has 0 aliphatic rings. The lowest BCUT2D eigenvalue weighted by Crippen LogP contribution is -1.97. The van der Waals surface area contributed by atoms with Gasteiger partial charge in [0.2, 0.25) is 0 Å². The molecular formula is C10H6ClNO3. The van der Waals surface area contributed by atoms with Crippen LogP contribution >= 0.6 is 11.6 Å². The van der Waals surface area contributed by atoms with Crippen LogP contribution in [0.1, 0.15) is 20.7 Å². The number of aromatic carboxylic acids is 1. The predicted octanol–water partition coefficient (Wildman–Crippen LogP) is 2.33. The summed E-state index contributed by atoms with van der Waals surface area (Å²) >= 11 is 5.76. The molecule has 2 rings (SSSR count). The van der Waals surface area contributed by atoms with Crippen LogP contribution in [0.25, 0.3) is 10.9 Å². The molecule has 0 bridgehead atoms. The van der Waals surface area contributed by atoms with Crippen molar-refractivity contribution >= 4 is 34.8 Å². The fourth-order valence-corrected chi connectivity index (χ4v) is 1.67. The molecular weight excluding hydrogens is 218 g/mol. The zero-order valence-electron chi connectivity index (χ0n) is 7.45. The van der Waals surface area contributed by atoms with Gasteiger partial charge in [0.15, 0.2) is 6.29 Å². The molecule has 0 radical (unpaired) electrons. The number of hydrogen-bond donors (Lipinski definition) is 2. The smallest absolute Gasteiger partial charge is 0.337 e. The molecule has 5 heteroatoms. The number of H-pyrrole nitrogens is 1. The Kier molecular flexibility index (Phi) is 2.21. The standard InChI is InChI=1S/C10H6ClNO3/c11-8-2-9-6(1-7(8)10(14)15)5(4-13)3-12-9/h1-4,12H,(H,14,15). The summed E-state index contributed by atoms with van der Waals surface area (Å²) in [5, 5.41) is 9.55. The number of aromatic nitrogens is 1. The van der Waals surface area contributed by atoms with E-state index in [9.17, 15) is 9.59 Å². The van der Waals surface area contributed by atoms with Crippen molar-refractivity contribution in [1.82, 2.24) is 4.98 Å². The fourth-order valence-electron chi connectivity index (χ4n) is 1.43. The van der Waals surface area contributed by atoms with Crippen LogP contribution in [0.15, 0.2) is 18.3 Å². The number of aromatic amines is 1. The number of benzene rings is 1. The largest absolute Gasteiger partial charge is 0.478 e. The third kappa shape index (κ3) is 1.49. The second-order valence-corrected chi connectivity index (χ2v) is 3.45. The molecule has 1 aromatic carbocycles. The molecule has 0 saturated heterocycles. The molecule has 1 heterocycles. The van der Waals surface area contributed by atoms with Gasteiger partial charge in [0, 0.05) is 22.7 Å². The lowest BCUT2D eigenvalue weighted by Gasteiger charge is -1.99. The van der Waals surface area contributed by atoms with Crippen LogP contribution in [-0.2, 0) is 0 Å². The molecule has 76 valence electrons. The average Bonchev–Trinajstić information content (AvgIpc) is 2.58. The highest BCUT2D eigenvalue weighted by Crippen LogP contribution is 2.25. The zero-order chi connectivity index (χ0) is 11.0. The molecule has 0 amide bonds.